The second-order valence-corrected chi connectivity index (χ2v) is 8.26. The Hall–Kier alpha value is -3.25. The molecule has 0 aliphatic carbocycles. The predicted octanol–water partition coefficient (Wildman–Crippen LogP) is 4.28. The van der Waals surface area contributed by atoms with Crippen LogP contribution in [-0.4, -0.2) is 15.5 Å². The molecule has 5 nitrogen and oxygen atoms in total. The summed E-state index contributed by atoms with van der Waals surface area (Å²) in [4.78, 5) is 31.6. The Morgan fingerprint density at radius 2 is 1.72 bits per heavy atom. The number of nitrogens with two attached hydrogens (primary N) is 1. The molecule has 0 saturated heterocycles. The summed E-state index contributed by atoms with van der Waals surface area (Å²) in [7, 11) is 0. The topological polar surface area (TPSA) is 78.0 Å². The maximum atomic E-state index is 13.6. The zero-order valence-corrected chi connectivity index (χ0v) is 17.1. The summed E-state index contributed by atoms with van der Waals surface area (Å²) < 4.78 is 1.58. The first-order valence-electron chi connectivity index (χ1n) is 9.40. The highest BCUT2D eigenvalue weighted by Gasteiger charge is 2.20. The summed E-state index contributed by atoms with van der Waals surface area (Å²) in [5, 5.41) is 0.596. The first-order chi connectivity index (χ1) is 14.0. The van der Waals surface area contributed by atoms with Gasteiger partial charge in [0.15, 0.2) is 0 Å². The molecule has 0 bridgehead atoms. The van der Waals surface area contributed by atoms with Crippen molar-refractivity contribution < 1.29 is 4.79 Å². The molecule has 29 heavy (non-hydrogen) atoms. The van der Waals surface area contributed by atoms with E-state index in [1.165, 1.54) is 11.3 Å². The fraction of sp³-hybridized carbons (Fsp3) is 0.174. The van der Waals surface area contributed by atoms with Gasteiger partial charge in [0.1, 0.15) is 10.7 Å². The van der Waals surface area contributed by atoms with Gasteiger partial charge >= 0.3 is 0 Å². The molecular weight excluding hydrogens is 382 g/mol. The number of hydrogen-bond donors (Lipinski definition) is 1. The number of rotatable bonds is 5. The molecule has 0 unspecified atom stereocenters. The summed E-state index contributed by atoms with van der Waals surface area (Å²) in [6.07, 6.45) is 0.0791. The Bertz CT molecular complexity index is 1260. The third-order valence-corrected chi connectivity index (χ3v) is 5.94. The highest BCUT2D eigenvalue weighted by molar-refractivity contribution is 7.19. The van der Waals surface area contributed by atoms with Crippen molar-refractivity contribution in [3.63, 3.8) is 0 Å². The molecule has 4 aromatic rings. The zero-order valence-electron chi connectivity index (χ0n) is 16.3. The van der Waals surface area contributed by atoms with Crippen molar-refractivity contribution in [2.24, 2.45) is 5.73 Å². The van der Waals surface area contributed by atoms with E-state index in [-0.39, 0.29) is 18.5 Å². The van der Waals surface area contributed by atoms with Gasteiger partial charge in [-0.1, -0.05) is 60.2 Å². The third-order valence-electron chi connectivity index (χ3n) is 4.94. The number of aryl methyl sites for hydroxylation is 2. The van der Waals surface area contributed by atoms with E-state index >= 15 is 0 Å². The van der Waals surface area contributed by atoms with E-state index in [1.807, 2.05) is 68.4 Å². The summed E-state index contributed by atoms with van der Waals surface area (Å²) in [6.45, 7) is 4.21. The number of fused-ring (bicyclic) bond motifs is 1. The van der Waals surface area contributed by atoms with E-state index in [4.69, 9.17) is 10.7 Å². The maximum absolute atomic E-state index is 13.6. The van der Waals surface area contributed by atoms with Crippen LogP contribution < -0.4 is 11.3 Å². The van der Waals surface area contributed by atoms with Crippen LogP contribution in [0.2, 0.25) is 0 Å². The molecule has 2 aromatic carbocycles. The van der Waals surface area contributed by atoms with Crippen LogP contribution in [-0.2, 0) is 11.3 Å². The molecule has 2 N–H and O–H groups in total. The number of primary amides is 1. The minimum absolute atomic E-state index is 0.0791. The van der Waals surface area contributed by atoms with Crippen LogP contribution in [0.1, 0.15) is 16.9 Å². The van der Waals surface area contributed by atoms with Crippen molar-refractivity contribution in [3.05, 3.63) is 75.4 Å². The Balaban J connectivity index is 2.01. The van der Waals surface area contributed by atoms with Crippen LogP contribution >= 0.6 is 11.3 Å². The average molecular weight is 404 g/mol. The maximum Gasteiger partial charge on any atom is 0.263 e. The summed E-state index contributed by atoms with van der Waals surface area (Å²) >= 11 is 1.52. The zero-order chi connectivity index (χ0) is 20.5. The smallest absolute Gasteiger partial charge is 0.263 e. The van der Waals surface area contributed by atoms with Crippen molar-refractivity contribution in [2.75, 3.05) is 0 Å². The minimum atomic E-state index is -0.448. The van der Waals surface area contributed by atoms with Gasteiger partial charge in [0, 0.05) is 29.0 Å². The van der Waals surface area contributed by atoms with Gasteiger partial charge in [-0.05, 0) is 19.4 Å². The second-order valence-electron chi connectivity index (χ2n) is 7.05. The lowest BCUT2D eigenvalue weighted by atomic mass is 10.0. The van der Waals surface area contributed by atoms with E-state index in [0.29, 0.717) is 16.0 Å². The molecule has 0 saturated carbocycles. The van der Waals surface area contributed by atoms with Crippen molar-refractivity contribution in [1.82, 2.24) is 9.55 Å². The monoisotopic (exact) mass is 403 g/mol. The van der Waals surface area contributed by atoms with Crippen LogP contribution in [0, 0.1) is 13.8 Å². The van der Waals surface area contributed by atoms with Gasteiger partial charge in [0.25, 0.3) is 5.56 Å². The first-order valence-corrected chi connectivity index (χ1v) is 10.2. The molecule has 0 radical (unpaired) electrons. The Morgan fingerprint density at radius 3 is 2.38 bits per heavy atom. The number of carbonyl (C=O) groups excluding carboxylic acids is 1. The molecule has 1 amide bonds. The summed E-state index contributed by atoms with van der Waals surface area (Å²) in [5.41, 5.74) is 9.08. The fourth-order valence-corrected chi connectivity index (χ4v) is 4.54. The predicted molar refractivity (Wildman–Crippen MR) is 118 cm³/mol. The lowest BCUT2D eigenvalue weighted by Crippen LogP contribution is -2.26. The number of thiophene rings is 1. The van der Waals surface area contributed by atoms with Gasteiger partial charge < -0.3 is 5.73 Å². The lowest BCUT2D eigenvalue weighted by molar-refractivity contribution is -0.118. The lowest BCUT2D eigenvalue weighted by Gasteiger charge is -2.13. The molecular formula is C23H21N3O2S. The Labute approximate surface area is 172 Å². The molecule has 6 heteroatoms. The molecule has 2 heterocycles. The van der Waals surface area contributed by atoms with Crippen LogP contribution in [0.25, 0.3) is 32.7 Å². The standard InChI is InChI=1S/C23H21N3O2S/c1-14-8-10-17(11-9-14)21-25-22-20(23(28)26(21)13-12-18(24)27)19(15(2)29-22)16-6-4-3-5-7-16/h3-11H,12-13H2,1-2H3,(H2,24,27). The number of hydrogen-bond acceptors (Lipinski definition) is 4. The van der Waals surface area contributed by atoms with Crippen LogP contribution in [0.4, 0.5) is 0 Å². The van der Waals surface area contributed by atoms with E-state index in [0.717, 1.165) is 27.1 Å². The third kappa shape index (κ3) is 3.59. The van der Waals surface area contributed by atoms with Gasteiger partial charge in [0.2, 0.25) is 5.91 Å². The number of benzene rings is 2. The molecule has 146 valence electrons. The molecule has 4 rings (SSSR count). The molecule has 0 aliphatic heterocycles. The number of carbonyl (C=O) groups is 1. The molecule has 0 fully saturated rings. The normalized spacial score (nSPS) is 11.1. The number of nitrogens with zero attached hydrogens (tertiary/aromatic N) is 2. The molecule has 0 spiro atoms. The van der Waals surface area contributed by atoms with Gasteiger partial charge in [-0.2, -0.15) is 0 Å². The van der Waals surface area contributed by atoms with Gasteiger partial charge in [-0.15, -0.1) is 11.3 Å². The van der Waals surface area contributed by atoms with Crippen molar-refractivity contribution in [1.29, 1.82) is 0 Å². The fourth-order valence-electron chi connectivity index (χ4n) is 3.50. The van der Waals surface area contributed by atoms with E-state index in [1.54, 1.807) is 4.57 Å². The number of aromatic nitrogens is 2. The summed E-state index contributed by atoms with van der Waals surface area (Å²) in [5.74, 6) is 0.112. The molecule has 0 aliphatic rings. The number of amides is 1. The van der Waals surface area contributed by atoms with Crippen molar-refractivity contribution >= 4 is 27.5 Å². The quantitative estimate of drug-likeness (QED) is 0.540. The van der Waals surface area contributed by atoms with E-state index in [9.17, 15) is 9.59 Å². The van der Waals surface area contributed by atoms with Crippen LogP contribution in [0.3, 0.4) is 0 Å². The highest BCUT2D eigenvalue weighted by Crippen LogP contribution is 2.36. The van der Waals surface area contributed by atoms with E-state index < -0.39 is 5.91 Å². The largest absolute Gasteiger partial charge is 0.370 e. The van der Waals surface area contributed by atoms with Gasteiger partial charge in [-0.3, -0.25) is 14.2 Å². The minimum Gasteiger partial charge on any atom is -0.370 e. The average Bonchev–Trinajstić information content (AvgIpc) is 3.04. The Morgan fingerprint density at radius 1 is 1.03 bits per heavy atom. The Kier molecular flexibility index (Phi) is 5.03. The summed E-state index contributed by atoms with van der Waals surface area (Å²) in [6, 6.07) is 17.7. The van der Waals surface area contributed by atoms with Crippen molar-refractivity contribution in [2.45, 2.75) is 26.8 Å². The first kappa shape index (κ1) is 19.1. The molecule has 0 atom stereocenters. The highest BCUT2D eigenvalue weighted by atomic mass is 32.1. The van der Waals surface area contributed by atoms with Crippen LogP contribution in [0.5, 0.6) is 0 Å². The van der Waals surface area contributed by atoms with E-state index in [2.05, 4.69) is 0 Å². The van der Waals surface area contributed by atoms with Gasteiger partial charge in [-0.25, -0.2) is 4.98 Å². The SMILES string of the molecule is Cc1ccc(-c2nc3sc(C)c(-c4ccccc4)c3c(=O)n2CCC(N)=O)cc1. The second kappa shape index (κ2) is 7.64. The van der Waals surface area contributed by atoms with Crippen molar-refractivity contribution in [3.8, 4) is 22.5 Å². The molecule has 2 aromatic heterocycles. The van der Waals surface area contributed by atoms with Crippen LogP contribution in [0.15, 0.2) is 59.4 Å². The van der Waals surface area contributed by atoms with Gasteiger partial charge in [0.05, 0.1) is 5.39 Å².